The number of rotatable bonds is 6. The summed E-state index contributed by atoms with van der Waals surface area (Å²) in [4.78, 5) is 15.0. The van der Waals surface area contributed by atoms with Crippen LogP contribution >= 0.6 is 0 Å². The molecule has 3 heterocycles. The second kappa shape index (κ2) is 9.81. The van der Waals surface area contributed by atoms with Gasteiger partial charge in [-0.05, 0) is 37.2 Å². The van der Waals surface area contributed by atoms with Crippen LogP contribution in [-0.2, 0) is 22.7 Å². The van der Waals surface area contributed by atoms with E-state index in [2.05, 4.69) is 41.9 Å². The van der Waals surface area contributed by atoms with E-state index in [0.29, 0.717) is 0 Å². The number of hydrogen-bond donors (Lipinski definition) is 2. The van der Waals surface area contributed by atoms with Crippen LogP contribution in [0.4, 0.5) is 33.5 Å². The highest BCUT2D eigenvalue weighted by molar-refractivity contribution is 7.92. The fraction of sp³-hybridized carbons (Fsp3) is 0.304. The zero-order valence-electron chi connectivity index (χ0n) is 19.8. The summed E-state index contributed by atoms with van der Waals surface area (Å²) in [5.41, 5.74) is 3.25. The lowest BCUT2D eigenvalue weighted by molar-refractivity contribution is 0.306. The Hall–Kier alpha value is -3.82. The van der Waals surface area contributed by atoms with Crippen LogP contribution in [0.2, 0.25) is 0 Å². The van der Waals surface area contributed by atoms with Gasteiger partial charge in [-0.3, -0.25) is 0 Å². The number of likely N-dealkylation sites (N-methyl/N-ethyl adjacent to an activating group) is 1. The lowest BCUT2D eigenvalue weighted by Gasteiger charge is -2.27. The molecule has 0 fully saturated rings. The van der Waals surface area contributed by atoms with Crippen molar-refractivity contribution >= 4 is 38.8 Å². The molecule has 1 aliphatic rings. The molecule has 2 N–H and O–H groups in total. The van der Waals surface area contributed by atoms with Crippen LogP contribution in [0, 0.1) is 17.1 Å². The van der Waals surface area contributed by atoms with Crippen LogP contribution < -0.4 is 15.4 Å². The Morgan fingerprint density at radius 1 is 1.26 bits per heavy atom. The Morgan fingerprint density at radius 3 is 2.77 bits per heavy atom. The minimum Gasteiger partial charge on any atom is -0.496 e. The summed E-state index contributed by atoms with van der Waals surface area (Å²) in [7, 11) is 1.09. The number of benzene rings is 1. The number of ether oxygens (including phenoxy) is 1. The minimum atomic E-state index is -2.62. The average molecular weight is 497 g/mol. The van der Waals surface area contributed by atoms with Crippen molar-refractivity contribution < 1.29 is 13.3 Å². The van der Waals surface area contributed by atoms with Gasteiger partial charge in [-0.25, -0.2) is 18.6 Å². The van der Waals surface area contributed by atoms with Gasteiger partial charge < -0.3 is 20.3 Å². The van der Waals surface area contributed by atoms with Gasteiger partial charge in [0.2, 0.25) is 5.95 Å². The first-order valence-corrected chi connectivity index (χ1v) is 13.0. The van der Waals surface area contributed by atoms with Gasteiger partial charge in [-0.1, -0.05) is 0 Å². The first-order chi connectivity index (χ1) is 16.6. The maximum atomic E-state index is 14.1. The van der Waals surface area contributed by atoms with Crippen molar-refractivity contribution in [2.45, 2.75) is 13.0 Å². The summed E-state index contributed by atoms with van der Waals surface area (Å²) in [5.74, 6) is 0.406. The summed E-state index contributed by atoms with van der Waals surface area (Å²) in [6.45, 7) is 1.76. The van der Waals surface area contributed by atoms with Crippen LogP contribution in [0.15, 0.2) is 34.8 Å². The zero-order valence-corrected chi connectivity index (χ0v) is 20.6. The summed E-state index contributed by atoms with van der Waals surface area (Å²) in [5, 5.41) is 15.6. The number of nitrogens with zero attached hydrogens (tertiary/aromatic N) is 6. The highest BCUT2D eigenvalue weighted by Crippen LogP contribution is 2.32. The predicted octanol–water partition coefficient (Wildman–Crippen LogP) is 3.73. The number of halogens is 1. The molecule has 182 valence electrons. The van der Waals surface area contributed by atoms with Crippen LogP contribution in [0.1, 0.15) is 16.7 Å². The molecule has 3 aromatic rings. The third kappa shape index (κ3) is 5.82. The maximum absolute atomic E-state index is 14.1. The molecule has 0 atom stereocenters. The molecule has 1 aromatic carbocycles. The number of nitrogens with one attached hydrogen (secondary N) is 2. The first-order valence-electron chi connectivity index (χ1n) is 10.7. The smallest absolute Gasteiger partial charge is 0.229 e. The fourth-order valence-electron chi connectivity index (χ4n) is 3.70. The van der Waals surface area contributed by atoms with E-state index in [0.717, 1.165) is 42.6 Å². The third-order valence-electron chi connectivity index (χ3n) is 5.25. The SMILES string of the molecule is COc1cc(Nc2ncc(C#N)c(Nc3ccc(F)c(N=S(C)(C)=O)n3)n2)cc2c1CCN(C)C2. The molecule has 0 bridgehead atoms. The molecular formula is C23H25FN8O2S. The van der Waals surface area contributed by atoms with E-state index in [9.17, 15) is 13.9 Å². The van der Waals surface area contributed by atoms with Crippen molar-refractivity contribution in [1.29, 1.82) is 5.26 Å². The molecule has 12 heteroatoms. The van der Waals surface area contributed by atoms with Crippen molar-refractivity contribution in [1.82, 2.24) is 19.9 Å². The van der Waals surface area contributed by atoms with E-state index in [1.807, 2.05) is 18.2 Å². The van der Waals surface area contributed by atoms with E-state index in [1.165, 1.54) is 30.3 Å². The number of nitriles is 1. The lowest BCUT2D eigenvalue weighted by Crippen LogP contribution is -2.27. The topological polar surface area (TPSA) is 128 Å². The highest BCUT2D eigenvalue weighted by Gasteiger charge is 2.19. The number of anilines is 4. The molecule has 0 unspecified atom stereocenters. The maximum Gasteiger partial charge on any atom is 0.229 e. The molecule has 35 heavy (non-hydrogen) atoms. The normalized spacial score (nSPS) is 13.5. The summed E-state index contributed by atoms with van der Waals surface area (Å²) < 4.78 is 35.5. The molecule has 10 nitrogen and oxygen atoms in total. The van der Waals surface area contributed by atoms with E-state index in [4.69, 9.17) is 4.74 Å². The van der Waals surface area contributed by atoms with E-state index < -0.39 is 15.5 Å². The predicted molar refractivity (Wildman–Crippen MR) is 133 cm³/mol. The molecule has 0 spiro atoms. The monoisotopic (exact) mass is 496 g/mol. The number of pyridine rings is 1. The van der Waals surface area contributed by atoms with Crippen molar-refractivity contribution in [3.63, 3.8) is 0 Å². The van der Waals surface area contributed by atoms with Crippen molar-refractivity contribution in [2.24, 2.45) is 4.36 Å². The molecular weight excluding hydrogens is 471 g/mol. The minimum absolute atomic E-state index is 0.166. The van der Waals surface area contributed by atoms with Gasteiger partial charge in [0, 0.05) is 52.6 Å². The van der Waals surface area contributed by atoms with Gasteiger partial charge in [0.05, 0.1) is 13.3 Å². The number of aromatic nitrogens is 3. The Labute approximate surface area is 203 Å². The third-order valence-corrected chi connectivity index (χ3v) is 5.86. The van der Waals surface area contributed by atoms with Crippen molar-refractivity contribution in [3.05, 3.63) is 53.0 Å². The molecule has 1 aliphatic heterocycles. The summed E-state index contributed by atoms with van der Waals surface area (Å²) in [6, 6.07) is 8.48. The van der Waals surface area contributed by atoms with Crippen LogP contribution in [0.3, 0.4) is 0 Å². The lowest BCUT2D eigenvalue weighted by atomic mass is 9.98. The second-order valence-electron chi connectivity index (χ2n) is 8.40. The van der Waals surface area contributed by atoms with Gasteiger partial charge >= 0.3 is 0 Å². The second-order valence-corrected chi connectivity index (χ2v) is 10.9. The van der Waals surface area contributed by atoms with Gasteiger partial charge in [0.1, 0.15) is 23.2 Å². The number of methoxy groups -OCH3 is 1. The van der Waals surface area contributed by atoms with E-state index >= 15 is 0 Å². The standard InChI is InChI=1S/C23H25FN8O2S/c1-32-8-7-17-14(13-32)9-16(10-19(17)34-2)27-23-26-12-15(11-25)21(30-23)28-20-6-5-18(24)22(29-20)31-35(3,4)33/h5-6,9-10,12H,7-8,13H2,1-4H3,(H2,26,27,28,29,30). The van der Waals surface area contributed by atoms with Crippen molar-refractivity contribution in [2.75, 3.05) is 43.8 Å². The highest BCUT2D eigenvalue weighted by atomic mass is 32.2. The Morgan fingerprint density at radius 2 is 2.06 bits per heavy atom. The van der Waals surface area contributed by atoms with Crippen LogP contribution in [-0.4, -0.2) is 57.3 Å². The number of hydrogen-bond acceptors (Lipinski definition) is 10. The molecule has 2 aromatic heterocycles. The summed E-state index contributed by atoms with van der Waals surface area (Å²) >= 11 is 0. The number of fused-ring (bicyclic) bond motifs is 1. The van der Waals surface area contributed by atoms with Crippen LogP contribution in [0.25, 0.3) is 0 Å². The Bertz CT molecular complexity index is 1440. The zero-order chi connectivity index (χ0) is 25.2. The van der Waals surface area contributed by atoms with Crippen molar-refractivity contribution in [3.8, 4) is 11.8 Å². The molecule has 0 amide bonds. The van der Waals surface area contributed by atoms with E-state index in [-0.39, 0.29) is 29.0 Å². The average Bonchev–Trinajstić information content (AvgIpc) is 2.79. The molecule has 0 aliphatic carbocycles. The largest absolute Gasteiger partial charge is 0.496 e. The first kappa shape index (κ1) is 24.3. The molecule has 0 saturated heterocycles. The van der Waals surface area contributed by atoms with Gasteiger partial charge in [-0.2, -0.15) is 14.6 Å². The van der Waals surface area contributed by atoms with Gasteiger partial charge in [-0.15, -0.1) is 0 Å². The van der Waals surface area contributed by atoms with Crippen LogP contribution in [0.5, 0.6) is 5.75 Å². The fourth-order valence-corrected chi connectivity index (χ4v) is 4.24. The van der Waals surface area contributed by atoms with Gasteiger partial charge in [0.15, 0.2) is 17.5 Å². The molecule has 0 saturated carbocycles. The molecule has 0 radical (unpaired) electrons. The Kier molecular flexibility index (Phi) is 6.81. The quantitative estimate of drug-likeness (QED) is 0.524. The Balaban J connectivity index is 1.65. The summed E-state index contributed by atoms with van der Waals surface area (Å²) in [6.07, 6.45) is 5.05. The molecule has 4 rings (SSSR count). The van der Waals surface area contributed by atoms with Gasteiger partial charge in [0.25, 0.3) is 0 Å². The van der Waals surface area contributed by atoms with E-state index in [1.54, 1.807) is 7.11 Å².